The Morgan fingerprint density at radius 2 is 0.857 bits per heavy atom. The van der Waals surface area contributed by atoms with Gasteiger partial charge in [-0.1, -0.05) is 257 Å². The van der Waals surface area contributed by atoms with Crippen molar-refractivity contribution >= 4 is 76.4 Å². The Kier molecular flexibility index (Phi) is 37.5. The van der Waals surface area contributed by atoms with Gasteiger partial charge in [0.05, 0.1) is 51.0 Å². The van der Waals surface area contributed by atoms with E-state index in [0.29, 0.717) is 6.42 Å². The molecule has 0 radical (unpaired) electrons. The number of ether oxygens (including phenoxy) is 6. The molecule has 4 aromatic rings. The second-order valence-corrected chi connectivity index (χ2v) is 23.6. The van der Waals surface area contributed by atoms with Crippen LogP contribution in [0.25, 0.3) is 0 Å². The van der Waals surface area contributed by atoms with Crippen LogP contribution in [0.15, 0.2) is 54.6 Å². The van der Waals surface area contributed by atoms with Crippen molar-refractivity contribution in [1.82, 2.24) is 0 Å². The highest BCUT2D eigenvalue weighted by atomic mass is 35.5. The fourth-order valence-electron chi connectivity index (χ4n) is 9.88. The van der Waals surface area contributed by atoms with Gasteiger partial charge in [-0.25, -0.2) is 14.4 Å². The first-order chi connectivity index (χ1) is 40.4. The van der Waals surface area contributed by atoms with Crippen LogP contribution in [0.5, 0.6) is 17.2 Å². The summed E-state index contributed by atoms with van der Waals surface area (Å²) in [7, 11) is 0. The average Bonchev–Trinajstić information content (AvgIpc) is 2.68. The van der Waals surface area contributed by atoms with E-state index in [2.05, 4.69) is 52.0 Å². The van der Waals surface area contributed by atoms with Crippen LogP contribution < -0.4 is 14.2 Å². The lowest BCUT2D eigenvalue weighted by molar-refractivity contribution is -0.135. The molecule has 0 aliphatic carbocycles. The molecule has 84 heavy (non-hydrogen) atoms. The fourth-order valence-corrected chi connectivity index (χ4v) is 11.0. The van der Waals surface area contributed by atoms with Crippen LogP contribution in [0.4, 0.5) is 4.79 Å². The zero-order chi connectivity index (χ0) is 61.7. The Morgan fingerprint density at radius 3 is 1.27 bits per heavy atom. The first kappa shape index (κ1) is 73.4. The van der Waals surface area contributed by atoms with E-state index in [1.165, 1.54) is 170 Å². The van der Waals surface area contributed by atoms with Gasteiger partial charge < -0.3 is 28.4 Å². The number of esters is 4. The molecule has 1 unspecified atom stereocenters. The van der Waals surface area contributed by atoms with Crippen molar-refractivity contribution in [3.05, 3.63) is 119 Å². The predicted molar refractivity (Wildman–Crippen MR) is 342 cm³/mol. The lowest BCUT2D eigenvalue weighted by Crippen LogP contribution is -2.12. The zero-order valence-electron chi connectivity index (χ0n) is 51.7. The maximum Gasteiger partial charge on any atom is 0.513 e. The molecule has 1 heterocycles. The Labute approximate surface area is 523 Å². The molecule has 0 spiro atoms. The van der Waals surface area contributed by atoms with Crippen LogP contribution in [-0.4, -0.2) is 49.9 Å². The molecule has 0 N–H and O–H groups in total. The molecule has 0 bridgehead atoms. The normalized spacial score (nSPS) is 12.3. The summed E-state index contributed by atoms with van der Waals surface area (Å²) in [5.41, 5.74) is 7.06. The van der Waals surface area contributed by atoms with Gasteiger partial charge >= 0.3 is 30.0 Å². The van der Waals surface area contributed by atoms with Gasteiger partial charge in [0.15, 0.2) is 11.5 Å². The van der Waals surface area contributed by atoms with Gasteiger partial charge in [-0.05, 0) is 101 Å². The number of unbranched alkanes of at least 4 members (excludes halogenated alkanes) is 25. The SMILES string of the molecule is CCCCCCCCCCCCCCCC(=O)Oc1c(Cl)cc(C(=O)OCC)cc1Cl.CCCCCCCCCCCCCCCCOC(=O)Oc1c(Cl)cc(C(=O)OCC)cc1Cl.Cc1cc(C)c2c(c1)C(c1ccc(C)c(C)c1)C(=O)O2. The molecular formula is C69H96Cl4O11. The molecule has 1 atom stereocenters. The maximum absolute atomic E-state index is 12.3. The second kappa shape index (κ2) is 42.9. The third-order valence-electron chi connectivity index (χ3n) is 14.7. The predicted octanol–water partition coefficient (Wildman–Crippen LogP) is 21.7. The summed E-state index contributed by atoms with van der Waals surface area (Å²) in [6, 6.07) is 15.8. The van der Waals surface area contributed by atoms with Crippen molar-refractivity contribution in [2.24, 2.45) is 0 Å². The van der Waals surface area contributed by atoms with E-state index in [9.17, 15) is 24.0 Å². The third kappa shape index (κ3) is 28.1. The molecule has 0 saturated heterocycles. The summed E-state index contributed by atoms with van der Waals surface area (Å²) in [5, 5.41) is 0.321. The number of hydrogen-bond donors (Lipinski definition) is 0. The smallest absolute Gasteiger partial charge is 0.462 e. The van der Waals surface area contributed by atoms with E-state index >= 15 is 0 Å². The van der Waals surface area contributed by atoms with Crippen LogP contribution in [0.3, 0.4) is 0 Å². The third-order valence-corrected chi connectivity index (χ3v) is 15.8. The van der Waals surface area contributed by atoms with E-state index < -0.39 is 18.1 Å². The number of hydrogen-bond acceptors (Lipinski definition) is 11. The van der Waals surface area contributed by atoms with Gasteiger partial charge in [-0.3, -0.25) is 9.59 Å². The standard InChI is InChI=1S/C26H40Cl2O5.C25H38Cl2O4.C18H18O2/c1-3-5-6-7-8-9-10-11-12-13-14-15-16-17-18-32-26(30)33-24-22(27)19-21(20-23(24)28)25(29)31-4-2;1-3-5-6-7-8-9-10-11-12-13-14-15-16-17-23(28)31-24-21(26)18-20(19-22(24)27)25(29)30-4-2;1-10-7-13(4)17-15(8-10)16(18(19)20-17)14-6-5-11(2)12(3)9-14/h19-20H,3-18H2,1-2H3;18-19H,3-17H2,1-2H3;5-9,16H,1-4H3. The average molecular weight is 1240 g/mol. The minimum Gasteiger partial charge on any atom is -0.462 e. The van der Waals surface area contributed by atoms with Crippen LogP contribution in [0, 0.1) is 27.7 Å². The summed E-state index contributed by atoms with van der Waals surface area (Å²) in [4.78, 5) is 59.9. The molecule has 0 aromatic heterocycles. The van der Waals surface area contributed by atoms with Gasteiger partial charge in [0.1, 0.15) is 11.7 Å². The molecule has 4 aromatic carbocycles. The lowest BCUT2D eigenvalue weighted by Gasteiger charge is -2.11. The highest BCUT2D eigenvalue weighted by Gasteiger charge is 2.36. The van der Waals surface area contributed by atoms with Crippen molar-refractivity contribution in [2.45, 2.75) is 241 Å². The van der Waals surface area contributed by atoms with Crippen LogP contribution in [0.2, 0.25) is 20.1 Å². The van der Waals surface area contributed by atoms with Gasteiger partial charge in [-0.2, -0.15) is 0 Å². The fraction of sp³-hybridized carbons (Fsp3) is 0.580. The van der Waals surface area contributed by atoms with Crippen LogP contribution in [-0.2, 0) is 23.8 Å². The molecule has 0 amide bonds. The Balaban J connectivity index is 0.000000339. The summed E-state index contributed by atoms with van der Waals surface area (Å²) in [6.07, 6.45) is 33.4. The largest absolute Gasteiger partial charge is 0.513 e. The summed E-state index contributed by atoms with van der Waals surface area (Å²) < 4.78 is 30.9. The van der Waals surface area contributed by atoms with E-state index in [1.807, 2.05) is 19.9 Å². The molecule has 466 valence electrons. The first-order valence-electron chi connectivity index (χ1n) is 31.2. The summed E-state index contributed by atoms with van der Waals surface area (Å²) in [6.45, 7) is 16.9. The van der Waals surface area contributed by atoms with Crippen molar-refractivity contribution < 1.29 is 52.4 Å². The number of carbonyl (C=O) groups is 5. The second-order valence-electron chi connectivity index (χ2n) is 21.9. The minimum absolute atomic E-state index is 0.0302. The topological polar surface area (TPSA) is 141 Å². The highest BCUT2D eigenvalue weighted by Crippen LogP contribution is 2.42. The van der Waals surface area contributed by atoms with E-state index in [-0.39, 0.29) is 80.4 Å². The zero-order valence-corrected chi connectivity index (χ0v) is 54.7. The number of fused-ring (bicyclic) bond motifs is 1. The number of rotatable bonds is 36. The summed E-state index contributed by atoms with van der Waals surface area (Å²) in [5.74, 6) is -1.09. The first-order valence-corrected chi connectivity index (χ1v) is 32.7. The van der Waals surface area contributed by atoms with Gasteiger partial charge in [-0.15, -0.1) is 0 Å². The molecule has 5 rings (SSSR count). The van der Waals surface area contributed by atoms with Crippen molar-refractivity contribution in [3.8, 4) is 17.2 Å². The molecule has 0 fully saturated rings. The number of aryl methyl sites for hydroxylation is 4. The molecular weight excluding hydrogens is 1150 g/mol. The molecule has 1 aliphatic rings. The van der Waals surface area contributed by atoms with Gasteiger partial charge in [0.25, 0.3) is 0 Å². The lowest BCUT2D eigenvalue weighted by atomic mass is 9.89. The quantitative estimate of drug-likeness (QED) is 0.0141. The number of halogens is 4. The van der Waals surface area contributed by atoms with E-state index in [0.717, 1.165) is 66.5 Å². The van der Waals surface area contributed by atoms with E-state index in [4.69, 9.17) is 74.8 Å². The van der Waals surface area contributed by atoms with Crippen molar-refractivity contribution in [2.75, 3.05) is 19.8 Å². The van der Waals surface area contributed by atoms with Crippen LogP contribution in [0.1, 0.15) is 267 Å². The molecule has 0 saturated carbocycles. The van der Waals surface area contributed by atoms with Crippen LogP contribution >= 0.6 is 46.4 Å². The van der Waals surface area contributed by atoms with Gasteiger partial charge in [0, 0.05) is 12.0 Å². The molecule has 11 nitrogen and oxygen atoms in total. The monoisotopic (exact) mass is 1240 g/mol. The molecule has 1 aliphatic heterocycles. The summed E-state index contributed by atoms with van der Waals surface area (Å²) >= 11 is 24.5. The maximum atomic E-state index is 12.3. The highest BCUT2D eigenvalue weighted by molar-refractivity contribution is 6.38. The van der Waals surface area contributed by atoms with E-state index in [1.54, 1.807) is 13.8 Å². The Hall–Kier alpha value is -4.81. The van der Waals surface area contributed by atoms with Gasteiger partial charge in [0.2, 0.25) is 0 Å². The van der Waals surface area contributed by atoms with Crippen molar-refractivity contribution in [3.63, 3.8) is 0 Å². The minimum atomic E-state index is -0.864. The Bertz CT molecular complexity index is 2590. The molecule has 15 heteroatoms. The number of benzene rings is 4. The van der Waals surface area contributed by atoms with Crippen molar-refractivity contribution in [1.29, 1.82) is 0 Å². The number of carbonyl (C=O) groups excluding carboxylic acids is 5. The Morgan fingerprint density at radius 1 is 0.452 bits per heavy atom.